The summed E-state index contributed by atoms with van der Waals surface area (Å²) in [5, 5.41) is 12.2. The first-order valence-electron chi connectivity index (χ1n) is 9.84. The first kappa shape index (κ1) is 20.6. The fourth-order valence-corrected chi connectivity index (χ4v) is 3.71. The highest BCUT2D eigenvalue weighted by Gasteiger charge is 2.37. The van der Waals surface area contributed by atoms with Gasteiger partial charge in [0.25, 0.3) is 0 Å². The second-order valence-electron chi connectivity index (χ2n) is 7.50. The van der Waals surface area contributed by atoms with Crippen LogP contribution in [0.3, 0.4) is 0 Å². The van der Waals surface area contributed by atoms with Crippen molar-refractivity contribution < 1.29 is 19.5 Å². The number of carbonyl (C=O) groups is 3. The summed E-state index contributed by atoms with van der Waals surface area (Å²) in [6.45, 7) is 2.34. The van der Waals surface area contributed by atoms with Crippen molar-refractivity contribution in [2.45, 2.75) is 25.8 Å². The van der Waals surface area contributed by atoms with Gasteiger partial charge in [0.2, 0.25) is 11.8 Å². The molecule has 6 heteroatoms. The molecule has 29 heavy (non-hydrogen) atoms. The molecule has 2 aromatic rings. The van der Waals surface area contributed by atoms with E-state index in [1.165, 1.54) is 0 Å². The number of carboxylic acids is 1. The lowest BCUT2D eigenvalue weighted by Gasteiger charge is -2.25. The molecule has 1 aliphatic heterocycles. The van der Waals surface area contributed by atoms with Crippen molar-refractivity contribution >= 4 is 17.8 Å². The molecule has 0 radical (unpaired) electrons. The van der Waals surface area contributed by atoms with Crippen LogP contribution in [0.2, 0.25) is 0 Å². The highest BCUT2D eigenvalue weighted by atomic mass is 16.4. The van der Waals surface area contributed by atoms with E-state index in [9.17, 15) is 19.5 Å². The van der Waals surface area contributed by atoms with E-state index in [-0.39, 0.29) is 30.8 Å². The van der Waals surface area contributed by atoms with Gasteiger partial charge < -0.3 is 15.3 Å². The Morgan fingerprint density at radius 2 is 1.72 bits per heavy atom. The predicted molar refractivity (Wildman–Crippen MR) is 109 cm³/mol. The maximum atomic E-state index is 12.6. The third-order valence-electron chi connectivity index (χ3n) is 5.48. The minimum atomic E-state index is -0.948. The lowest BCUT2D eigenvalue weighted by Crippen LogP contribution is -2.38. The molecule has 6 nitrogen and oxygen atoms in total. The second kappa shape index (κ2) is 9.37. The van der Waals surface area contributed by atoms with Crippen molar-refractivity contribution in [3.05, 3.63) is 71.8 Å². The van der Waals surface area contributed by atoms with Gasteiger partial charge in [-0.05, 0) is 24.5 Å². The van der Waals surface area contributed by atoms with Crippen LogP contribution in [0, 0.1) is 11.8 Å². The highest BCUT2D eigenvalue weighted by molar-refractivity contribution is 5.89. The fourth-order valence-electron chi connectivity index (χ4n) is 3.71. The van der Waals surface area contributed by atoms with Crippen LogP contribution in [-0.4, -0.2) is 40.9 Å². The molecule has 0 saturated carbocycles. The lowest BCUT2D eigenvalue weighted by molar-refractivity contribution is -0.141. The smallest absolute Gasteiger partial charge is 0.308 e. The van der Waals surface area contributed by atoms with Crippen LogP contribution in [0.4, 0.5) is 0 Å². The number of benzene rings is 2. The van der Waals surface area contributed by atoms with E-state index < -0.39 is 17.8 Å². The van der Waals surface area contributed by atoms with Crippen molar-refractivity contribution in [1.82, 2.24) is 10.2 Å². The molecular formula is C23H26N2O4. The van der Waals surface area contributed by atoms with Gasteiger partial charge in [-0.25, -0.2) is 0 Å². The summed E-state index contributed by atoms with van der Waals surface area (Å²) in [5.74, 6) is -2.44. The monoisotopic (exact) mass is 394 g/mol. The summed E-state index contributed by atoms with van der Waals surface area (Å²) in [6, 6.07) is 18.9. The molecule has 2 N–H and O–H groups in total. The van der Waals surface area contributed by atoms with Gasteiger partial charge in [-0.2, -0.15) is 0 Å². The number of amides is 2. The molecule has 2 amide bonds. The number of carbonyl (C=O) groups excluding carboxylic acids is 2. The van der Waals surface area contributed by atoms with Gasteiger partial charge in [-0.15, -0.1) is 0 Å². The Kier molecular flexibility index (Phi) is 6.65. The van der Waals surface area contributed by atoms with Crippen LogP contribution in [0.5, 0.6) is 0 Å². The second-order valence-corrected chi connectivity index (χ2v) is 7.50. The first-order valence-corrected chi connectivity index (χ1v) is 9.84. The van der Waals surface area contributed by atoms with Crippen LogP contribution in [0.15, 0.2) is 60.7 Å². The highest BCUT2D eigenvalue weighted by Crippen LogP contribution is 2.28. The maximum absolute atomic E-state index is 12.6. The SMILES string of the molecule is CC(c1ccccc1)N1CC(C(=O)NCC(Cc2ccccc2)C(=O)O)CC1=O. The molecule has 2 aromatic carbocycles. The largest absolute Gasteiger partial charge is 0.481 e. The zero-order valence-corrected chi connectivity index (χ0v) is 16.5. The zero-order chi connectivity index (χ0) is 20.8. The summed E-state index contributed by atoms with van der Waals surface area (Å²) in [7, 11) is 0. The molecule has 152 valence electrons. The Balaban J connectivity index is 1.56. The topological polar surface area (TPSA) is 86.7 Å². The summed E-state index contributed by atoms with van der Waals surface area (Å²) < 4.78 is 0. The van der Waals surface area contributed by atoms with E-state index in [0.717, 1.165) is 11.1 Å². The number of likely N-dealkylation sites (tertiary alicyclic amines) is 1. The number of nitrogens with one attached hydrogen (secondary N) is 1. The Morgan fingerprint density at radius 3 is 2.34 bits per heavy atom. The van der Waals surface area contributed by atoms with E-state index in [1.807, 2.05) is 67.6 Å². The molecule has 1 fully saturated rings. The molecule has 3 atom stereocenters. The van der Waals surface area contributed by atoms with Gasteiger partial charge in [0.05, 0.1) is 17.9 Å². The van der Waals surface area contributed by atoms with E-state index in [0.29, 0.717) is 13.0 Å². The Hall–Kier alpha value is -3.15. The minimum Gasteiger partial charge on any atom is -0.481 e. The number of hydrogen-bond acceptors (Lipinski definition) is 3. The molecule has 1 aliphatic rings. The average molecular weight is 394 g/mol. The molecule has 0 aromatic heterocycles. The van der Waals surface area contributed by atoms with Gasteiger partial charge in [-0.3, -0.25) is 14.4 Å². The molecule has 1 heterocycles. The molecule has 3 unspecified atom stereocenters. The Morgan fingerprint density at radius 1 is 1.10 bits per heavy atom. The van der Waals surface area contributed by atoms with Crippen LogP contribution in [-0.2, 0) is 20.8 Å². The van der Waals surface area contributed by atoms with Crippen molar-refractivity contribution in [3.8, 4) is 0 Å². The number of hydrogen-bond donors (Lipinski definition) is 2. The van der Waals surface area contributed by atoms with Crippen molar-refractivity contribution in [3.63, 3.8) is 0 Å². The number of carboxylic acid groups (broad SMARTS) is 1. The standard InChI is InChI=1S/C23H26N2O4/c1-16(18-10-6-3-7-11-18)25-15-20(13-21(25)26)22(27)24-14-19(23(28)29)12-17-8-4-2-5-9-17/h2-11,16,19-20H,12-15H2,1H3,(H,24,27)(H,28,29). The van der Waals surface area contributed by atoms with E-state index in [4.69, 9.17) is 0 Å². The molecule has 0 spiro atoms. The summed E-state index contributed by atoms with van der Waals surface area (Å²) in [4.78, 5) is 38.3. The lowest BCUT2D eigenvalue weighted by atomic mass is 9.99. The predicted octanol–water partition coefficient (Wildman–Crippen LogP) is 2.66. The average Bonchev–Trinajstić information content (AvgIpc) is 3.13. The van der Waals surface area contributed by atoms with Gasteiger partial charge >= 0.3 is 5.97 Å². The summed E-state index contributed by atoms with van der Waals surface area (Å²) in [6.07, 6.45) is 0.497. The minimum absolute atomic E-state index is 0.0436. The van der Waals surface area contributed by atoms with E-state index in [1.54, 1.807) is 4.90 Å². The molecule has 3 rings (SSSR count). The van der Waals surface area contributed by atoms with Gasteiger partial charge in [-0.1, -0.05) is 60.7 Å². The van der Waals surface area contributed by atoms with Gasteiger partial charge in [0.1, 0.15) is 0 Å². The van der Waals surface area contributed by atoms with Crippen LogP contribution in [0.1, 0.15) is 30.5 Å². The Labute approximate surface area is 170 Å². The third-order valence-corrected chi connectivity index (χ3v) is 5.48. The number of aliphatic carboxylic acids is 1. The molecule has 0 aliphatic carbocycles. The zero-order valence-electron chi connectivity index (χ0n) is 16.5. The molecule has 1 saturated heterocycles. The number of rotatable bonds is 8. The van der Waals surface area contributed by atoms with Crippen LogP contribution >= 0.6 is 0 Å². The quantitative estimate of drug-likeness (QED) is 0.721. The fraction of sp³-hybridized carbons (Fsp3) is 0.348. The van der Waals surface area contributed by atoms with Crippen molar-refractivity contribution in [2.24, 2.45) is 11.8 Å². The summed E-state index contributed by atoms with van der Waals surface area (Å²) >= 11 is 0. The molecular weight excluding hydrogens is 368 g/mol. The van der Waals surface area contributed by atoms with Crippen molar-refractivity contribution in [1.29, 1.82) is 0 Å². The van der Waals surface area contributed by atoms with Crippen LogP contribution in [0.25, 0.3) is 0 Å². The molecule has 0 bridgehead atoms. The summed E-state index contributed by atoms with van der Waals surface area (Å²) in [5.41, 5.74) is 1.93. The third kappa shape index (κ3) is 5.22. The van der Waals surface area contributed by atoms with Crippen LogP contribution < -0.4 is 5.32 Å². The van der Waals surface area contributed by atoms with Gasteiger partial charge in [0.15, 0.2) is 0 Å². The normalized spacial score (nSPS) is 18.3. The maximum Gasteiger partial charge on any atom is 0.308 e. The van der Waals surface area contributed by atoms with E-state index >= 15 is 0 Å². The number of nitrogens with zero attached hydrogens (tertiary/aromatic N) is 1. The Bertz CT molecular complexity index is 854. The van der Waals surface area contributed by atoms with Crippen molar-refractivity contribution in [2.75, 3.05) is 13.1 Å². The van der Waals surface area contributed by atoms with Gasteiger partial charge in [0, 0.05) is 19.5 Å². The van der Waals surface area contributed by atoms with E-state index in [2.05, 4.69) is 5.32 Å². The first-order chi connectivity index (χ1) is 14.0.